The van der Waals surface area contributed by atoms with Gasteiger partial charge in [0.15, 0.2) is 11.5 Å². The van der Waals surface area contributed by atoms with Crippen LogP contribution in [0.5, 0.6) is 17.2 Å². The van der Waals surface area contributed by atoms with Crippen molar-refractivity contribution < 1.29 is 19.3 Å². The summed E-state index contributed by atoms with van der Waals surface area (Å²) in [6.45, 7) is 8.01. The fraction of sp³-hybridized carbons (Fsp3) is 0.625. The Kier molecular flexibility index (Phi) is 5.28. The summed E-state index contributed by atoms with van der Waals surface area (Å²) in [7, 11) is 4.72. The predicted octanol–water partition coefficient (Wildman–Crippen LogP) is 3.21. The number of rotatable bonds is 6. The zero-order chi connectivity index (χ0) is 15.5. The molecule has 0 fully saturated rings. The summed E-state index contributed by atoms with van der Waals surface area (Å²) < 4.78 is 16.0. The van der Waals surface area contributed by atoms with Crippen molar-refractivity contribution in [3.05, 3.63) is 17.7 Å². The molecule has 0 spiro atoms. The molecule has 0 saturated carbocycles. The monoisotopic (exact) mass is 282 g/mol. The van der Waals surface area contributed by atoms with Crippen LogP contribution in [0.2, 0.25) is 0 Å². The molecule has 1 aromatic carbocycles. The summed E-state index contributed by atoms with van der Waals surface area (Å²) in [6.07, 6.45) is 0. The number of methoxy groups -OCH3 is 3. The molecule has 0 unspecified atom stereocenters. The van der Waals surface area contributed by atoms with Crippen molar-refractivity contribution in [2.45, 2.75) is 33.3 Å². The lowest BCUT2D eigenvalue weighted by Gasteiger charge is -2.37. The average molecular weight is 282 g/mol. The first-order valence-corrected chi connectivity index (χ1v) is 6.85. The van der Waals surface area contributed by atoms with Gasteiger partial charge in [-0.25, -0.2) is 0 Å². The Morgan fingerprint density at radius 3 is 1.50 bits per heavy atom. The molecule has 4 nitrogen and oxygen atoms in total. The molecule has 4 heteroatoms. The third-order valence-electron chi connectivity index (χ3n) is 3.89. The van der Waals surface area contributed by atoms with Gasteiger partial charge in [-0.05, 0) is 29.5 Å². The van der Waals surface area contributed by atoms with Gasteiger partial charge in [0.25, 0.3) is 0 Å². The SMILES string of the molecule is COc1cc(C(O)(C(C)C)C(C)C)cc(OC)c1OC. The van der Waals surface area contributed by atoms with Crippen LogP contribution in [-0.2, 0) is 5.60 Å². The minimum atomic E-state index is -0.952. The van der Waals surface area contributed by atoms with Crippen molar-refractivity contribution in [3.8, 4) is 17.2 Å². The van der Waals surface area contributed by atoms with Crippen LogP contribution in [0.3, 0.4) is 0 Å². The third-order valence-corrected chi connectivity index (χ3v) is 3.89. The molecule has 20 heavy (non-hydrogen) atoms. The van der Waals surface area contributed by atoms with E-state index in [2.05, 4.69) is 0 Å². The highest BCUT2D eigenvalue weighted by molar-refractivity contribution is 5.55. The first-order valence-electron chi connectivity index (χ1n) is 6.85. The summed E-state index contributed by atoms with van der Waals surface area (Å²) in [5, 5.41) is 11.1. The summed E-state index contributed by atoms with van der Waals surface area (Å²) in [5.41, 5.74) is -0.177. The van der Waals surface area contributed by atoms with Gasteiger partial charge in [-0.15, -0.1) is 0 Å². The van der Waals surface area contributed by atoms with Crippen molar-refractivity contribution in [2.24, 2.45) is 11.8 Å². The van der Waals surface area contributed by atoms with Crippen LogP contribution in [-0.4, -0.2) is 26.4 Å². The van der Waals surface area contributed by atoms with E-state index in [9.17, 15) is 5.11 Å². The first kappa shape index (κ1) is 16.6. The quantitative estimate of drug-likeness (QED) is 0.870. The molecule has 0 radical (unpaired) electrons. The minimum Gasteiger partial charge on any atom is -0.493 e. The standard InChI is InChI=1S/C16H26O4/c1-10(2)16(17,11(3)4)12-8-13(18-5)15(20-7)14(9-12)19-6/h8-11,17H,1-7H3. The molecule has 0 aliphatic heterocycles. The van der Waals surface area contributed by atoms with Gasteiger partial charge >= 0.3 is 0 Å². The Morgan fingerprint density at radius 1 is 0.850 bits per heavy atom. The lowest BCUT2D eigenvalue weighted by Crippen LogP contribution is -2.37. The first-order chi connectivity index (χ1) is 9.32. The van der Waals surface area contributed by atoms with Gasteiger partial charge in [-0.1, -0.05) is 27.7 Å². The van der Waals surface area contributed by atoms with Crippen LogP contribution in [0, 0.1) is 11.8 Å². The van der Waals surface area contributed by atoms with Crippen LogP contribution < -0.4 is 14.2 Å². The molecule has 0 saturated heterocycles. The molecule has 1 rings (SSSR count). The maximum absolute atomic E-state index is 11.1. The zero-order valence-electron chi connectivity index (χ0n) is 13.5. The van der Waals surface area contributed by atoms with Crippen molar-refractivity contribution >= 4 is 0 Å². The third kappa shape index (κ3) is 2.70. The Balaban J connectivity index is 3.52. The van der Waals surface area contributed by atoms with Gasteiger partial charge in [0, 0.05) is 0 Å². The molecule has 1 N–H and O–H groups in total. The fourth-order valence-corrected chi connectivity index (χ4v) is 2.65. The molecule has 0 amide bonds. The van der Waals surface area contributed by atoms with E-state index >= 15 is 0 Å². The maximum Gasteiger partial charge on any atom is 0.203 e. The zero-order valence-corrected chi connectivity index (χ0v) is 13.5. The normalized spacial score (nSPS) is 11.9. The van der Waals surface area contributed by atoms with Gasteiger partial charge in [0.2, 0.25) is 5.75 Å². The summed E-state index contributed by atoms with van der Waals surface area (Å²) >= 11 is 0. The molecule has 1 aromatic rings. The molecule has 0 aromatic heterocycles. The van der Waals surface area contributed by atoms with E-state index in [1.54, 1.807) is 21.3 Å². The van der Waals surface area contributed by atoms with Crippen LogP contribution in [0.1, 0.15) is 33.3 Å². The summed E-state index contributed by atoms with van der Waals surface area (Å²) in [6, 6.07) is 3.64. The van der Waals surface area contributed by atoms with Crippen LogP contribution >= 0.6 is 0 Å². The molecule has 0 aliphatic carbocycles. The number of aliphatic hydroxyl groups is 1. The Bertz CT molecular complexity index is 419. The van der Waals surface area contributed by atoms with Crippen molar-refractivity contribution in [2.75, 3.05) is 21.3 Å². The molecule has 0 atom stereocenters. The Morgan fingerprint density at radius 2 is 1.25 bits per heavy atom. The molecule has 0 aliphatic rings. The highest BCUT2D eigenvalue weighted by atomic mass is 16.5. The van der Waals surface area contributed by atoms with Gasteiger partial charge in [-0.2, -0.15) is 0 Å². The minimum absolute atomic E-state index is 0.0605. The van der Waals surface area contributed by atoms with Crippen molar-refractivity contribution in [1.29, 1.82) is 0 Å². The number of ether oxygens (including phenoxy) is 3. The molecule has 114 valence electrons. The molecular formula is C16H26O4. The van der Waals surface area contributed by atoms with E-state index in [4.69, 9.17) is 14.2 Å². The van der Waals surface area contributed by atoms with Crippen LogP contribution in [0.25, 0.3) is 0 Å². The van der Waals surface area contributed by atoms with Gasteiger partial charge in [-0.3, -0.25) is 0 Å². The van der Waals surface area contributed by atoms with E-state index in [-0.39, 0.29) is 11.8 Å². The van der Waals surface area contributed by atoms with Crippen molar-refractivity contribution in [1.82, 2.24) is 0 Å². The highest BCUT2D eigenvalue weighted by Crippen LogP contribution is 2.45. The number of hydrogen-bond donors (Lipinski definition) is 1. The lowest BCUT2D eigenvalue weighted by atomic mass is 9.75. The summed E-state index contributed by atoms with van der Waals surface area (Å²) in [4.78, 5) is 0. The average Bonchev–Trinajstić information content (AvgIpc) is 2.43. The second-order valence-electron chi connectivity index (χ2n) is 5.55. The Labute approximate surface area is 121 Å². The van der Waals surface area contributed by atoms with E-state index < -0.39 is 5.60 Å². The second-order valence-corrected chi connectivity index (χ2v) is 5.55. The van der Waals surface area contributed by atoms with Crippen LogP contribution in [0.15, 0.2) is 12.1 Å². The maximum atomic E-state index is 11.1. The van der Waals surface area contributed by atoms with Crippen LogP contribution in [0.4, 0.5) is 0 Å². The van der Waals surface area contributed by atoms with E-state index in [1.165, 1.54) is 0 Å². The van der Waals surface area contributed by atoms with E-state index in [0.717, 1.165) is 5.56 Å². The lowest BCUT2D eigenvalue weighted by molar-refractivity contribution is -0.0534. The summed E-state index contributed by atoms with van der Waals surface area (Å²) in [5.74, 6) is 1.77. The Hall–Kier alpha value is -1.42. The van der Waals surface area contributed by atoms with Gasteiger partial charge < -0.3 is 19.3 Å². The van der Waals surface area contributed by atoms with Gasteiger partial charge in [0.1, 0.15) is 0 Å². The topological polar surface area (TPSA) is 47.9 Å². The molecular weight excluding hydrogens is 256 g/mol. The van der Waals surface area contributed by atoms with Crippen molar-refractivity contribution in [3.63, 3.8) is 0 Å². The van der Waals surface area contributed by atoms with E-state index in [0.29, 0.717) is 17.2 Å². The second kappa shape index (κ2) is 6.35. The highest BCUT2D eigenvalue weighted by Gasteiger charge is 2.38. The largest absolute Gasteiger partial charge is 0.493 e. The number of benzene rings is 1. The van der Waals surface area contributed by atoms with E-state index in [1.807, 2.05) is 39.8 Å². The smallest absolute Gasteiger partial charge is 0.203 e. The molecule has 0 bridgehead atoms. The molecule has 0 heterocycles. The van der Waals surface area contributed by atoms with Gasteiger partial charge in [0.05, 0.1) is 26.9 Å². The fourth-order valence-electron chi connectivity index (χ4n) is 2.65. The number of hydrogen-bond acceptors (Lipinski definition) is 4. The predicted molar refractivity (Wildman–Crippen MR) is 79.7 cm³/mol.